The van der Waals surface area contributed by atoms with E-state index >= 15 is 0 Å². The number of hydrogen-bond acceptors (Lipinski definition) is 4. The van der Waals surface area contributed by atoms with Crippen LogP contribution in [0.2, 0.25) is 0 Å². The Kier molecular flexibility index (Phi) is 17.1. The van der Waals surface area contributed by atoms with E-state index in [1.807, 2.05) is 7.05 Å². The summed E-state index contributed by atoms with van der Waals surface area (Å²) in [7, 11) is 1.97. The smallest absolute Gasteiger partial charge is 0.119 e. The van der Waals surface area contributed by atoms with Gasteiger partial charge in [0.25, 0.3) is 0 Å². The quantitative estimate of drug-likeness (QED) is 0.172. The molecule has 0 atom stereocenters. The second-order valence-corrected chi connectivity index (χ2v) is 8.41. The van der Waals surface area contributed by atoms with Gasteiger partial charge in [0.2, 0.25) is 0 Å². The van der Waals surface area contributed by atoms with Crippen LogP contribution in [0.3, 0.4) is 0 Å². The van der Waals surface area contributed by atoms with Crippen LogP contribution >= 0.6 is 0 Å². The summed E-state index contributed by atoms with van der Waals surface area (Å²) in [5, 5.41) is 6.84. The fraction of sp³-hybridized carbons (Fsp3) is 0.731. The molecule has 1 rings (SSSR count). The Labute approximate surface area is 186 Å². The molecule has 4 nitrogen and oxygen atoms in total. The van der Waals surface area contributed by atoms with Crippen LogP contribution in [0.15, 0.2) is 24.3 Å². The number of nitrogens with zero attached hydrogens (tertiary/aromatic N) is 1. The van der Waals surface area contributed by atoms with E-state index < -0.39 is 0 Å². The van der Waals surface area contributed by atoms with E-state index in [2.05, 4.69) is 46.7 Å². The first-order chi connectivity index (χ1) is 14.8. The second-order valence-electron chi connectivity index (χ2n) is 8.41. The first-order valence-corrected chi connectivity index (χ1v) is 12.5. The zero-order chi connectivity index (χ0) is 21.7. The molecule has 0 heterocycles. The van der Waals surface area contributed by atoms with Gasteiger partial charge in [0.15, 0.2) is 0 Å². The van der Waals surface area contributed by atoms with Gasteiger partial charge >= 0.3 is 0 Å². The SMILES string of the molecule is CCCCCCCCN(CCCCCCCC=O)CCCNc1ccccc1NC. The molecule has 30 heavy (non-hydrogen) atoms. The van der Waals surface area contributed by atoms with Crippen molar-refractivity contribution in [3.8, 4) is 0 Å². The molecule has 0 aromatic heterocycles. The van der Waals surface area contributed by atoms with E-state index in [-0.39, 0.29) is 0 Å². The molecule has 0 amide bonds. The number of anilines is 2. The van der Waals surface area contributed by atoms with Crippen molar-refractivity contribution >= 4 is 17.7 Å². The number of rotatable bonds is 21. The monoisotopic (exact) mass is 417 g/mol. The van der Waals surface area contributed by atoms with Gasteiger partial charge in [-0.1, -0.05) is 70.4 Å². The maximum atomic E-state index is 10.4. The van der Waals surface area contributed by atoms with Gasteiger partial charge in [0.1, 0.15) is 6.29 Å². The number of benzene rings is 1. The van der Waals surface area contributed by atoms with E-state index in [0.29, 0.717) is 0 Å². The summed E-state index contributed by atoms with van der Waals surface area (Å²) in [6, 6.07) is 8.41. The van der Waals surface area contributed by atoms with Crippen molar-refractivity contribution in [2.75, 3.05) is 43.9 Å². The normalized spacial score (nSPS) is 11.0. The van der Waals surface area contributed by atoms with Gasteiger partial charge in [0.05, 0.1) is 11.4 Å². The first-order valence-electron chi connectivity index (χ1n) is 12.5. The van der Waals surface area contributed by atoms with E-state index in [4.69, 9.17) is 0 Å². The van der Waals surface area contributed by atoms with Crippen LogP contribution in [-0.2, 0) is 4.79 Å². The summed E-state index contributed by atoms with van der Waals surface area (Å²) < 4.78 is 0. The fourth-order valence-electron chi connectivity index (χ4n) is 3.93. The topological polar surface area (TPSA) is 44.4 Å². The zero-order valence-corrected chi connectivity index (χ0v) is 19.8. The molecule has 0 saturated carbocycles. The van der Waals surface area contributed by atoms with E-state index in [1.54, 1.807) is 0 Å². The third-order valence-corrected chi connectivity index (χ3v) is 5.79. The molecule has 0 aliphatic rings. The number of carbonyl (C=O) groups is 1. The molecule has 1 aromatic carbocycles. The average molecular weight is 418 g/mol. The van der Waals surface area contributed by atoms with E-state index in [0.717, 1.165) is 31.4 Å². The minimum Gasteiger partial charge on any atom is -0.386 e. The molecule has 0 saturated heterocycles. The van der Waals surface area contributed by atoms with Crippen LogP contribution in [0.4, 0.5) is 11.4 Å². The summed E-state index contributed by atoms with van der Waals surface area (Å²) in [6.45, 7) is 6.93. The molecule has 0 spiro atoms. The first kappa shape index (κ1) is 26.5. The highest BCUT2D eigenvalue weighted by Crippen LogP contribution is 2.19. The van der Waals surface area contributed by atoms with Crippen molar-refractivity contribution < 1.29 is 4.79 Å². The van der Waals surface area contributed by atoms with E-state index in [1.165, 1.54) is 96.0 Å². The van der Waals surface area contributed by atoms with Crippen molar-refractivity contribution in [1.82, 2.24) is 4.90 Å². The Balaban J connectivity index is 2.27. The Hall–Kier alpha value is -1.55. The fourth-order valence-corrected chi connectivity index (χ4v) is 3.93. The molecule has 0 fully saturated rings. The van der Waals surface area contributed by atoms with Gasteiger partial charge in [0, 0.05) is 20.0 Å². The Bertz CT molecular complexity index is 521. The molecular weight excluding hydrogens is 370 g/mol. The van der Waals surface area contributed by atoms with Crippen molar-refractivity contribution in [3.63, 3.8) is 0 Å². The molecule has 172 valence electrons. The summed E-state index contributed by atoms with van der Waals surface area (Å²) in [4.78, 5) is 13.1. The standard InChI is InChI=1S/C26H47N3O/c1-3-4-5-6-9-14-21-29(22-15-10-7-8-11-16-24-30)23-17-20-28-26-19-13-12-18-25(26)27-2/h12-13,18-19,24,27-28H,3-11,14-17,20-23H2,1-2H3. The van der Waals surface area contributed by atoms with Crippen LogP contribution in [0.25, 0.3) is 0 Å². The Morgan fingerprint density at radius 1 is 0.767 bits per heavy atom. The van der Waals surface area contributed by atoms with Crippen molar-refractivity contribution in [1.29, 1.82) is 0 Å². The summed E-state index contributed by atoms with van der Waals surface area (Å²) in [6.07, 6.45) is 17.2. The van der Waals surface area contributed by atoms with Crippen LogP contribution in [0.1, 0.15) is 90.4 Å². The largest absolute Gasteiger partial charge is 0.386 e. The van der Waals surface area contributed by atoms with Crippen molar-refractivity contribution in [3.05, 3.63) is 24.3 Å². The van der Waals surface area contributed by atoms with Crippen LogP contribution in [-0.4, -0.2) is 44.4 Å². The number of para-hydroxylation sites is 2. The van der Waals surface area contributed by atoms with Gasteiger partial charge in [-0.05, 0) is 57.5 Å². The lowest BCUT2D eigenvalue weighted by Gasteiger charge is -2.23. The third kappa shape index (κ3) is 13.6. The molecule has 4 heteroatoms. The van der Waals surface area contributed by atoms with Crippen LogP contribution in [0.5, 0.6) is 0 Å². The highest BCUT2D eigenvalue weighted by Gasteiger charge is 2.05. The van der Waals surface area contributed by atoms with Gasteiger partial charge in [-0.2, -0.15) is 0 Å². The lowest BCUT2D eigenvalue weighted by molar-refractivity contribution is -0.107. The molecule has 0 bridgehead atoms. The average Bonchev–Trinajstić information content (AvgIpc) is 2.78. The minimum absolute atomic E-state index is 0.730. The summed E-state index contributed by atoms with van der Waals surface area (Å²) in [5.41, 5.74) is 2.36. The highest BCUT2D eigenvalue weighted by molar-refractivity contribution is 5.68. The van der Waals surface area contributed by atoms with E-state index in [9.17, 15) is 4.79 Å². The number of nitrogens with one attached hydrogen (secondary N) is 2. The maximum absolute atomic E-state index is 10.4. The number of aldehydes is 1. The van der Waals surface area contributed by atoms with Gasteiger partial charge in [-0.3, -0.25) is 0 Å². The van der Waals surface area contributed by atoms with Crippen molar-refractivity contribution in [2.24, 2.45) is 0 Å². The van der Waals surface area contributed by atoms with Gasteiger partial charge < -0.3 is 20.3 Å². The van der Waals surface area contributed by atoms with Gasteiger partial charge in [-0.25, -0.2) is 0 Å². The highest BCUT2D eigenvalue weighted by atomic mass is 16.1. The number of carbonyl (C=O) groups excluding carboxylic acids is 1. The molecule has 0 aliphatic heterocycles. The number of unbranched alkanes of at least 4 members (excludes halogenated alkanes) is 10. The molecular formula is C26H47N3O. The van der Waals surface area contributed by atoms with Gasteiger partial charge in [-0.15, -0.1) is 0 Å². The molecule has 0 radical (unpaired) electrons. The predicted molar refractivity (Wildman–Crippen MR) is 133 cm³/mol. The summed E-state index contributed by atoms with van der Waals surface area (Å²) >= 11 is 0. The second kappa shape index (κ2) is 19.4. The molecule has 0 unspecified atom stereocenters. The van der Waals surface area contributed by atoms with Crippen LogP contribution in [0, 0.1) is 0 Å². The third-order valence-electron chi connectivity index (χ3n) is 5.79. The Morgan fingerprint density at radius 3 is 1.97 bits per heavy atom. The predicted octanol–water partition coefficient (Wildman–Crippen LogP) is 6.73. The Morgan fingerprint density at radius 2 is 1.33 bits per heavy atom. The lowest BCUT2D eigenvalue weighted by atomic mass is 10.1. The lowest BCUT2D eigenvalue weighted by Crippen LogP contribution is -2.28. The molecule has 2 N–H and O–H groups in total. The summed E-state index contributed by atoms with van der Waals surface area (Å²) in [5.74, 6) is 0. The minimum atomic E-state index is 0.730. The zero-order valence-electron chi connectivity index (χ0n) is 19.8. The molecule has 0 aliphatic carbocycles. The van der Waals surface area contributed by atoms with Crippen molar-refractivity contribution in [2.45, 2.75) is 90.4 Å². The molecule has 1 aromatic rings. The maximum Gasteiger partial charge on any atom is 0.119 e. The van der Waals surface area contributed by atoms with Crippen LogP contribution < -0.4 is 10.6 Å². The number of hydrogen-bond donors (Lipinski definition) is 2.